The summed E-state index contributed by atoms with van der Waals surface area (Å²) in [6, 6.07) is 7.26. The second-order valence-corrected chi connectivity index (χ2v) is 12.9. The summed E-state index contributed by atoms with van der Waals surface area (Å²) >= 11 is 12.6. The van der Waals surface area contributed by atoms with E-state index in [0.717, 1.165) is 0 Å². The Balaban J connectivity index is 1.64. The van der Waals surface area contributed by atoms with Gasteiger partial charge < -0.3 is 35.4 Å². The number of rotatable bonds is 9. The lowest BCUT2D eigenvalue weighted by Gasteiger charge is -2.20. The second-order valence-electron chi connectivity index (χ2n) is 8.97. The lowest BCUT2D eigenvalue weighted by Crippen LogP contribution is -2.50. The molecule has 3 amide bonds. The number of phenols is 1. The topological polar surface area (TPSA) is 156 Å². The van der Waals surface area contributed by atoms with Gasteiger partial charge in [0.15, 0.2) is 0 Å². The fraction of sp³-hybridized carbons (Fsp3) is 0.375. The zero-order valence-electron chi connectivity index (χ0n) is 20.0. The van der Waals surface area contributed by atoms with E-state index in [4.69, 9.17) is 23.2 Å². The van der Waals surface area contributed by atoms with Gasteiger partial charge in [-0.3, -0.25) is 4.79 Å². The number of benzene rings is 2. The van der Waals surface area contributed by atoms with Crippen LogP contribution in [0.5, 0.6) is 5.75 Å². The number of carbonyl (C=O) groups is 3. The maximum absolute atomic E-state index is 13.1. The number of urea groups is 1. The van der Waals surface area contributed by atoms with Crippen LogP contribution in [0.2, 0.25) is 10.0 Å². The standard InChI is InChI=1S/C24H28Cl2N3O7P/c1-37(36,17-4-2-3-15(30)11-17)8-6-14-9-18(25)21(19(26)10-14)22(32)28-20(23(33)34)12-27-24(35)29-7-5-16(31)13-29/h2-4,9-11,16,20,30-31H,5-8,12-13H2,1H3,(H,27,35)(H,28,32)(H,33,34)/t16-,20?,37?/m0/s1. The highest BCUT2D eigenvalue weighted by Gasteiger charge is 2.28. The number of aliphatic hydroxyl groups is 1. The van der Waals surface area contributed by atoms with Crippen molar-refractivity contribution in [2.75, 3.05) is 32.5 Å². The number of hydrogen-bond donors (Lipinski definition) is 5. The number of aliphatic carboxylic acids is 1. The Morgan fingerprint density at radius 3 is 2.43 bits per heavy atom. The van der Waals surface area contributed by atoms with Crippen LogP contribution >= 0.6 is 30.3 Å². The number of aryl methyl sites for hydroxylation is 1. The number of β-amino-alcohol motifs (C(OH)–C–C–N with tert-alkyl or cyclic N) is 1. The normalized spacial score (nSPS) is 17.6. The molecule has 3 rings (SSSR count). The van der Waals surface area contributed by atoms with Gasteiger partial charge in [-0.05, 0) is 49.3 Å². The number of aliphatic hydroxyl groups excluding tert-OH is 1. The van der Waals surface area contributed by atoms with Crippen LogP contribution in [0.3, 0.4) is 0 Å². The number of likely N-dealkylation sites (tertiary alicyclic amines) is 1. The molecule has 2 unspecified atom stereocenters. The van der Waals surface area contributed by atoms with Crippen LogP contribution in [-0.4, -0.2) is 82.7 Å². The number of hydrogen-bond acceptors (Lipinski definition) is 6. The molecule has 1 saturated heterocycles. The van der Waals surface area contributed by atoms with E-state index in [-0.39, 0.29) is 40.6 Å². The fourth-order valence-electron chi connectivity index (χ4n) is 3.90. The summed E-state index contributed by atoms with van der Waals surface area (Å²) in [7, 11) is -2.80. The van der Waals surface area contributed by atoms with Gasteiger partial charge in [0.1, 0.15) is 18.9 Å². The van der Waals surface area contributed by atoms with Gasteiger partial charge in [-0.1, -0.05) is 35.3 Å². The molecule has 1 aliphatic heterocycles. The summed E-state index contributed by atoms with van der Waals surface area (Å²) in [5.74, 6) is -2.18. The maximum atomic E-state index is 13.1. The number of nitrogens with one attached hydrogen (secondary N) is 2. The third-order valence-electron chi connectivity index (χ3n) is 6.04. The smallest absolute Gasteiger partial charge is 0.328 e. The lowest BCUT2D eigenvalue weighted by molar-refractivity contribution is -0.139. The zero-order valence-corrected chi connectivity index (χ0v) is 22.4. The van der Waals surface area contributed by atoms with Crippen molar-refractivity contribution in [3.8, 4) is 5.75 Å². The van der Waals surface area contributed by atoms with E-state index in [0.29, 0.717) is 30.3 Å². The first-order chi connectivity index (χ1) is 17.4. The predicted octanol–water partition coefficient (Wildman–Crippen LogP) is 2.52. The van der Waals surface area contributed by atoms with Gasteiger partial charge in [-0.25, -0.2) is 9.59 Å². The number of carboxylic acids is 1. The summed E-state index contributed by atoms with van der Waals surface area (Å²) < 4.78 is 13.1. The monoisotopic (exact) mass is 571 g/mol. The molecule has 3 atom stereocenters. The molecule has 37 heavy (non-hydrogen) atoms. The van der Waals surface area contributed by atoms with Gasteiger partial charge in [0.2, 0.25) is 0 Å². The first-order valence-electron chi connectivity index (χ1n) is 11.5. The molecule has 5 N–H and O–H groups in total. The summed E-state index contributed by atoms with van der Waals surface area (Å²) in [5.41, 5.74) is 0.503. The van der Waals surface area contributed by atoms with Gasteiger partial charge in [0, 0.05) is 24.6 Å². The molecular weight excluding hydrogens is 544 g/mol. The number of nitrogens with zero attached hydrogens (tertiary/aromatic N) is 1. The second kappa shape index (κ2) is 12.2. The molecule has 0 saturated carbocycles. The molecule has 0 radical (unpaired) electrons. The third-order valence-corrected chi connectivity index (χ3v) is 9.09. The van der Waals surface area contributed by atoms with Crippen molar-refractivity contribution in [2.45, 2.75) is 25.0 Å². The Bertz CT molecular complexity index is 1220. The largest absolute Gasteiger partial charge is 0.508 e. The number of halogens is 2. The highest BCUT2D eigenvalue weighted by atomic mass is 35.5. The Labute approximate surface area is 223 Å². The van der Waals surface area contributed by atoms with E-state index in [2.05, 4.69) is 10.6 Å². The number of amides is 3. The number of carbonyl (C=O) groups excluding carboxylic acids is 2. The van der Waals surface area contributed by atoms with E-state index in [1.54, 1.807) is 18.8 Å². The quantitative estimate of drug-likeness (QED) is 0.289. The first kappa shape index (κ1) is 28.8. The molecule has 200 valence electrons. The van der Waals surface area contributed by atoms with Gasteiger partial charge in [0.05, 0.1) is 28.3 Å². The van der Waals surface area contributed by atoms with Crippen LogP contribution in [0, 0.1) is 0 Å². The molecule has 1 fully saturated rings. The van der Waals surface area contributed by atoms with Crippen LogP contribution in [0.25, 0.3) is 0 Å². The first-order valence-corrected chi connectivity index (χ1v) is 14.6. The predicted molar refractivity (Wildman–Crippen MR) is 141 cm³/mol. The van der Waals surface area contributed by atoms with Crippen molar-refractivity contribution >= 4 is 53.6 Å². The summed E-state index contributed by atoms with van der Waals surface area (Å²) in [6.07, 6.45) is 0.415. The maximum Gasteiger partial charge on any atom is 0.328 e. The molecule has 13 heteroatoms. The van der Waals surface area contributed by atoms with Crippen LogP contribution in [-0.2, 0) is 15.8 Å². The van der Waals surface area contributed by atoms with Crippen molar-refractivity contribution in [1.29, 1.82) is 0 Å². The lowest BCUT2D eigenvalue weighted by atomic mass is 10.1. The van der Waals surface area contributed by atoms with Crippen LogP contribution < -0.4 is 15.9 Å². The summed E-state index contributed by atoms with van der Waals surface area (Å²) in [4.78, 5) is 38.0. The molecule has 0 spiro atoms. The van der Waals surface area contributed by atoms with Gasteiger partial charge in [0.25, 0.3) is 5.91 Å². The molecule has 0 aromatic heterocycles. The van der Waals surface area contributed by atoms with Gasteiger partial charge in [-0.2, -0.15) is 0 Å². The number of phenolic OH excluding ortho intramolecular Hbond substituents is 1. The minimum absolute atomic E-state index is 0.0116. The van der Waals surface area contributed by atoms with E-state index in [1.165, 1.54) is 29.2 Å². The molecule has 1 aliphatic rings. The fourth-order valence-corrected chi connectivity index (χ4v) is 6.36. The molecular formula is C24H28Cl2N3O7P. The molecule has 2 aromatic rings. The van der Waals surface area contributed by atoms with Gasteiger partial charge in [-0.15, -0.1) is 0 Å². The van der Waals surface area contributed by atoms with Crippen molar-refractivity contribution in [1.82, 2.24) is 15.5 Å². The number of carboxylic acid groups (broad SMARTS) is 1. The highest BCUT2D eigenvalue weighted by molar-refractivity contribution is 7.70. The van der Waals surface area contributed by atoms with E-state index < -0.39 is 37.2 Å². The average molecular weight is 572 g/mol. The average Bonchev–Trinajstić information content (AvgIpc) is 3.26. The third kappa shape index (κ3) is 7.61. The molecule has 0 bridgehead atoms. The van der Waals surface area contributed by atoms with Gasteiger partial charge >= 0.3 is 12.0 Å². The van der Waals surface area contributed by atoms with Crippen LogP contribution in [0.4, 0.5) is 4.79 Å². The van der Waals surface area contributed by atoms with E-state index in [1.807, 2.05) is 0 Å². The summed E-state index contributed by atoms with van der Waals surface area (Å²) in [5, 5.41) is 34.0. The Kier molecular flexibility index (Phi) is 9.47. The molecule has 10 nitrogen and oxygen atoms in total. The minimum Gasteiger partial charge on any atom is -0.508 e. The molecule has 0 aliphatic carbocycles. The Morgan fingerprint density at radius 2 is 1.86 bits per heavy atom. The molecule has 2 aromatic carbocycles. The summed E-state index contributed by atoms with van der Waals surface area (Å²) in [6.45, 7) is 1.72. The Morgan fingerprint density at radius 1 is 1.19 bits per heavy atom. The van der Waals surface area contributed by atoms with Crippen molar-refractivity contribution in [2.24, 2.45) is 0 Å². The van der Waals surface area contributed by atoms with E-state index >= 15 is 0 Å². The van der Waals surface area contributed by atoms with E-state index in [9.17, 15) is 34.3 Å². The van der Waals surface area contributed by atoms with Crippen LogP contribution in [0.15, 0.2) is 36.4 Å². The zero-order chi connectivity index (χ0) is 27.3. The van der Waals surface area contributed by atoms with Crippen LogP contribution in [0.1, 0.15) is 22.3 Å². The Hall–Kier alpha value is -2.78. The SMILES string of the molecule is CP(=O)(CCc1cc(Cl)c(C(=O)NC(CNC(=O)N2CC[C@H](O)C2)C(=O)O)c(Cl)c1)c1cccc(O)c1. The number of aromatic hydroxyl groups is 1. The van der Waals surface area contributed by atoms with Crippen molar-refractivity contribution < 1.29 is 34.3 Å². The van der Waals surface area contributed by atoms with Crippen molar-refractivity contribution in [3.63, 3.8) is 0 Å². The van der Waals surface area contributed by atoms with Crippen molar-refractivity contribution in [3.05, 3.63) is 57.6 Å². The minimum atomic E-state index is -2.80. The molecule has 1 heterocycles. The highest BCUT2D eigenvalue weighted by Crippen LogP contribution is 2.41.